The zero-order chi connectivity index (χ0) is 26.4. The molecule has 8 heteroatoms. The lowest BCUT2D eigenvalue weighted by Crippen LogP contribution is -2.42. The Labute approximate surface area is 226 Å². The van der Waals surface area contributed by atoms with E-state index in [-0.39, 0.29) is 35.7 Å². The molecule has 3 aliphatic rings. The zero-order valence-electron chi connectivity index (χ0n) is 21.1. The molecular weight excluding hydrogens is 496 g/mol. The van der Waals surface area contributed by atoms with Crippen LogP contribution in [0.2, 0.25) is 0 Å². The average molecular weight is 529 g/mol. The lowest BCUT2D eigenvalue weighted by molar-refractivity contribution is -0.138. The molecule has 3 amide bonds. The quantitative estimate of drug-likeness (QED) is 0.433. The molecule has 7 nitrogen and oxygen atoms in total. The summed E-state index contributed by atoms with van der Waals surface area (Å²) in [5.74, 6) is -1.20. The number of carbonyl (C=O) groups is 3. The van der Waals surface area contributed by atoms with Gasteiger partial charge in [-0.1, -0.05) is 31.0 Å². The summed E-state index contributed by atoms with van der Waals surface area (Å²) >= 11 is 1.69. The van der Waals surface area contributed by atoms with Crippen molar-refractivity contribution in [3.05, 3.63) is 87.1 Å². The first kappa shape index (κ1) is 24.7. The molecule has 0 bridgehead atoms. The molecular formula is C30H32N4O3S. The summed E-state index contributed by atoms with van der Waals surface area (Å²) < 4.78 is 0. The topological polar surface area (TPSA) is 119 Å². The van der Waals surface area contributed by atoms with Crippen molar-refractivity contribution in [2.24, 2.45) is 23.3 Å². The van der Waals surface area contributed by atoms with E-state index < -0.39 is 11.8 Å². The monoisotopic (exact) mass is 528 g/mol. The van der Waals surface area contributed by atoms with Gasteiger partial charge in [-0.3, -0.25) is 14.4 Å². The number of primary amides is 2. The Balaban J connectivity index is 1.37. The predicted octanol–water partition coefficient (Wildman–Crippen LogP) is 4.98. The van der Waals surface area contributed by atoms with E-state index >= 15 is 0 Å². The van der Waals surface area contributed by atoms with Crippen LogP contribution in [0.1, 0.15) is 87.5 Å². The number of fused-ring (bicyclic) bond motifs is 3. The third-order valence-electron chi connectivity index (χ3n) is 8.73. The maximum Gasteiger partial charge on any atom is 0.248 e. The highest BCUT2D eigenvalue weighted by molar-refractivity contribution is 7.08. The Hall–Kier alpha value is -3.65. The van der Waals surface area contributed by atoms with Crippen LogP contribution >= 0.6 is 11.3 Å². The molecule has 2 aromatic carbocycles. The third-order valence-corrected chi connectivity index (χ3v) is 9.43. The Morgan fingerprint density at radius 2 is 1.74 bits per heavy atom. The summed E-state index contributed by atoms with van der Waals surface area (Å²) in [5.41, 5.74) is 16.2. The van der Waals surface area contributed by atoms with Gasteiger partial charge in [0.25, 0.3) is 0 Å². The van der Waals surface area contributed by atoms with Gasteiger partial charge in [-0.05, 0) is 83.0 Å². The number of nitrogens with zero attached hydrogens (tertiary/aromatic N) is 1. The molecule has 1 aliphatic carbocycles. The molecule has 3 aromatic rings. The van der Waals surface area contributed by atoms with Gasteiger partial charge in [0.2, 0.25) is 17.7 Å². The van der Waals surface area contributed by atoms with Crippen molar-refractivity contribution < 1.29 is 14.4 Å². The first-order valence-corrected chi connectivity index (χ1v) is 14.3. The van der Waals surface area contributed by atoms with Gasteiger partial charge >= 0.3 is 0 Å². The molecule has 1 saturated heterocycles. The molecule has 5 atom stereocenters. The summed E-state index contributed by atoms with van der Waals surface area (Å²) in [6.07, 6.45) is 4.32. The average Bonchev–Trinajstić information content (AvgIpc) is 3.63. The number of para-hydroxylation sites is 1. The van der Waals surface area contributed by atoms with Crippen molar-refractivity contribution >= 4 is 34.7 Å². The second-order valence-corrected chi connectivity index (χ2v) is 11.5. The molecule has 5 N–H and O–H groups in total. The van der Waals surface area contributed by atoms with E-state index in [1.807, 2.05) is 12.1 Å². The maximum atomic E-state index is 14.4. The molecule has 38 heavy (non-hydrogen) atoms. The van der Waals surface area contributed by atoms with Crippen LogP contribution < -0.4 is 16.8 Å². The number of thiophene rings is 1. The molecule has 6 rings (SSSR count). The number of anilines is 1. The van der Waals surface area contributed by atoms with Crippen molar-refractivity contribution in [1.29, 1.82) is 0 Å². The normalized spacial score (nSPS) is 26.2. The van der Waals surface area contributed by atoms with Crippen LogP contribution in [0, 0.1) is 11.8 Å². The van der Waals surface area contributed by atoms with Gasteiger partial charge in [0.15, 0.2) is 0 Å². The second-order valence-electron chi connectivity index (χ2n) is 10.7. The van der Waals surface area contributed by atoms with Crippen LogP contribution in [0.15, 0.2) is 59.3 Å². The van der Waals surface area contributed by atoms with Gasteiger partial charge in [0.1, 0.15) is 0 Å². The molecule has 1 saturated carbocycles. The van der Waals surface area contributed by atoms with Crippen LogP contribution in [-0.2, 0) is 4.79 Å². The van der Waals surface area contributed by atoms with E-state index in [0.717, 1.165) is 43.4 Å². The fourth-order valence-electron chi connectivity index (χ4n) is 7.01. The van der Waals surface area contributed by atoms with Crippen LogP contribution in [-0.4, -0.2) is 29.2 Å². The standard InChI is InChI=1S/C30H32N4O3S/c31-28(35)17-9-10-20(29(32)36)24(15-17)19-5-1-2-6-21(19)30(37)34-13-11-23-26(18-12-14-38-16-18)33-25-8-4-3-7-22(25)27(23)34/h3-4,7-10,12,14-16,19,21,23,26-27,33H,1-2,5-6,11,13H2,(H2,31,35)(H2,32,36)/t19-,21+,23-,26+,27+/m1/s1. The highest BCUT2D eigenvalue weighted by Crippen LogP contribution is 2.53. The fourth-order valence-corrected chi connectivity index (χ4v) is 7.71. The lowest BCUT2D eigenvalue weighted by atomic mass is 9.72. The molecule has 0 unspecified atom stereocenters. The minimum absolute atomic E-state index is 0.0139. The van der Waals surface area contributed by atoms with Crippen molar-refractivity contribution in [1.82, 2.24) is 4.90 Å². The van der Waals surface area contributed by atoms with E-state index in [0.29, 0.717) is 23.2 Å². The van der Waals surface area contributed by atoms with Crippen LogP contribution in [0.25, 0.3) is 0 Å². The Bertz CT molecular complexity index is 1390. The van der Waals surface area contributed by atoms with Gasteiger partial charge in [0, 0.05) is 35.2 Å². The summed E-state index contributed by atoms with van der Waals surface area (Å²) in [7, 11) is 0. The van der Waals surface area contributed by atoms with Gasteiger partial charge in [0.05, 0.1) is 12.1 Å². The lowest BCUT2D eigenvalue weighted by Gasteiger charge is -2.42. The van der Waals surface area contributed by atoms with Crippen molar-refractivity contribution in [3.63, 3.8) is 0 Å². The Morgan fingerprint density at radius 1 is 0.921 bits per heavy atom. The SMILES string of the molecule is NC(=O)c1ccc(C(N)=O)c([C@@H]2CCCC[C@@H]2C(=O)N2CC[C@@H]3[C@H](c4ccsc4)Nc4ccccc4[C@@H]32)c1. The molecule has 0 radical (unpaired) electrons. The molecule has 196 valence electrons. The smallest absolute Gasteiger partial charge is 0.248 e. The minimum Gasteiger partial charge on any atom is -0.378 e. The van der Waals surface area contributed by atoms with E-state index in [1.54, 1.807) is 23.5 Å². The summed E-state index contributed by atoms with van der Waals surface area (Å²) in [4.78, 5) is 40.9. The largest absolute Gasteiger partial charge is 0.378 e. The number of amides is 3. The number of likely N-dealkylation sites (tertiary alicyclic amines) is 1. The summed E-state index contributed by atoms with van der Waals surface area (Å²) in [6, 6.07) is 15.4. The minimum atomic E-state index is -0.561. The van der Waals surface area contributed by atoms with Crippen LogP contribution in [0.3, 0.4) is 0 Å². The van der Waals surface area contributed by atoms with Gasteiger partial charge in [-0.15, -0.1) is 0 Å². The molecule has 2 aliphatic heterocycles. The number of hydrogen-bond donors (Lipinski definition) is 3. The number of carbonyl (C=O) groups excluding carboxylic acids is 3. The molecule has 2 fully saturated rings. The fraction of sp³-hybridized carbons (Fsp3) is 0.367. The highest BCUT2D eigenvalue weighted by atomic mass is 32.1. The first-order chi connectivity index (χ1) is 18.4. The number of rotatable bonds is 5. The molecule has 3 heterocycles. The third kappa shape index (κ3) is 4.17. The van der Waals surface area contributed by atoms with E-state index in [2.05, 4.69) is 39.2 Å². The number of nitrogens with two attached hydrogens (primary N) is 2. The van der Waals surface area contributed by atoms with E-state index in [4.69, 9.17) is 11.5 Å². The first-order valence-electron chi connectivity index (χ1n) is 13.4. The van der Waals surface area contributed by atoms with Gasteiger partial charge < -0.3 is 21.7 Å². The second kappa shape index (κ2) is 9.91. The summed E-state index contributed by atoms with van der Waals surface area (Å²) in [5, 5.41) is 8.06. The summed E-state index contributed by atoms with van der Waals surface area (Å²) in [6.45, 7) is 0.693. The van der Waals surface area contributed by atoms with Gasteiger partial charge in [-0.25, -0.2) is 0 Å². The van der Waals surface area contributed by atoms with Crippen LogP contribution in [0.4, 0.5) is 5.69 Å². The van der Waals surface area contributed by atoms with Gasteiger partial charge in [-0.2, -0.15) is 11.3 Å². The Kier molecular flexibility index (Phi) is 6.43. The van der Waals surface area contributed by atoms with Crippen molar-refractivity contribution in [3.8, 4) is 0 Å². The van der Waals surface area contributed by atoms with E-state index in [1.165, 1.54) is 11.6 Å². The number of benzene rings is 2. The number of nitrogens with one attached hydrogen (secondary N) is 1. The zero-order valence-corrected chi connectivity index (χ0v) is 22.0. The maximum absolute atomic E-state index is 14.4. The predicted molar refractivity (Wildman–Crippen MR) is 148 cm³/mol. The molecule has 0 spiro atoms. The number of hydrogen-bond acceptors (Lipinski definition) is 5. The highest BCUT2D eigenvalue weighted by Gasteiger charge is 2.48. The van der Waals surface area contributed by atoms with E-state index in [9.17, 15) is 14.4 Å². The molecule has 1 aromatic heterocycles. The van der Waals surface area contributed by atoms with Crippen molar-refractivity contribution in [2.75, 3.05) is 11.9 Å². The van der Waals surface area contributed by atoms with Crippen LogP contribution in [0.5, 0.6) is 0 Å². The van der Waals surface area contributed by atoms with Crippen molar-refractivity contribution in [2.45, 2.75) is 50.1 Å². The Morgan fingerprint density at radius 3 is 2.50 bits per heavy atom.